The monoisotopic (exact) mass is 380 g/mol. The summed E-state index contributed by atoms with van der Waals surface area (Å²) in [5, 5.41) is 0. The topological polar surface area (TPSA) is 67.9 Å². The van der Waals surface area contributed by atoms with Crippen LogP contribution in [0.15, 0.2) is 42.5 Å². The van der Waals surface area contributed by atoms with Gasteiger partial charge in [0.1, 0.15) is 11.6 Å². The molecule has 6 nitrogen and oxygen atoms in total. The molecule has 0 aliphatic carbocycles. The van der Waals surface area contributed by atoms with Crippen LogP contribution < -0.4 is 14.4 Å². The van der Waals surface area contributed by atoms with E-state index in [0.29, 0.717) is 30.2 Å². The fraction of sp³-hybridized carbons (Fsp3) is 0.333. The lowest BCUT2D eigenvalue weighted by Gasteiger charge is -2.29. The van der Waals surface area contributed by atoms with Gasteiger partial charge in [-0.2, -0.15) is 0 Å². The van der Waals surface area contributed by atoms with Crippen LogP contribution in [0.4, 0.5) is 15.8 Å². The van der Waals surface area contributed by atoms with Crippen molar-refractivity contribution in [1.82, 2.24) is 0 Å². The molecule has 1 fully saturated rings. The van der Waals surface area contributed by atoms with Gasteiger partial charge in [-0.15, -0.1) is 0 Å². The van der Waals surface area contributed by atoms with Crippen molar-refractivity contribution in [3.63, 3.8) is 0 Å². The third kappa shape index (κ3) is 4.64. The van der Waals surface area contributed by atoms with Gasteiger partial charge in [-0.1, -0.05) is 12.1 Å². The molecule has 1 aliphatic rings. The predicted molar refractivity (Wildman–Crippen MR) is 98.7 cm³/mol. The molecule has 0 amide bonds. The van der Waals surface area contributed by atoms with Crippen LogP contribution >= 0.6 is 0 Å². The minimum Gasteiger partial charge on any atom is -0.495 e. The Labute approximate surface area is 152 Å². The molecule has 0 aromatic heterocycles. The Balaban J connectivity index is 1.81. The molecule has 0 spiro atoms. The molecule has 26 heavy (non-hydrogen) atoms. The summed E-state index contributed by atoms with van der Waals surface area (Å²) in [5.41, 5.74) is 1.77. The number of nitrogens with one attached hydrogen (secondary N) is 1. The molecule has 140 valence electrons. The zero-order valence-electron chi connectivity index (χ0n) is 14.4. The van der Waals surface area contributed by atoms with E-state index in [1.54, 1.807) is 12.1 Å². The number of ether oxygens (including phenoxy) is 2. The number of methoxy groups -OCH3 is 1. The van der Waals surface area contributed by atoms with Crippen molar-refractivity contribution in [3.8, 4) is 5.75 Å². The summed E-state index contributed by atoms with van der Waals surface area (Å²) in [6.45, 7) is 2.76. The molecule has 0 radical (unpaired) electrons. The third-order valence-electron chi connectivity index (χ3n) is 4.09. The van der Waals surface area contributed by atoms with Crippen molar-refractivity contribution in [2.75, 3.05) is 43.0 Å². The number of morpholine rings is 1. The van der Waals surface area contributed by atoms with Crippen molar-refractivity contribution in [1.29, 1.82) is 0 Å². The minimum absolute atomic E-state index is 0.252. The Morgan fingerprint density at radius 2 is 1.85 bits per heavy atom. The number of hydrogen-bond acceptors (Lipinski definition) is 5. The maximum absolute atomic E-state index is 13.0. The standard InChI is InChI=1S/C18H21FN2O4S/c1-24-18-7-6-16(21-8-10-25-11-9-21)12-17(18)20-26(22,23)13-14-2-4-15(19)5-3-14/h2-7,12,20H,8-11,13H2,1H3. The van der Waals surface area contributed by atoms with Crippen LogP contribution in [0.25, 0.3) is 0 Å². The molecule has 1 saturated heterocycles. The SMILES string of the molecule is COc1ccc(N2CCOCC2)cc1NS(=O)(=O)Cc1ccc(F)cc1. The van der Waals surface area contributed by atoms with Gasteiger partial charge in [-0.05, 0) is 35.9 Å². The molecule has 3 rings (SSSR count). The molecule has 1 aliphatic heterocycles. The third-order valence-corrected chi connectivity index (χ3v) is 5.34. The number of nitrogens with zero attached hydrogens (tertiary/aromatic N) is 1. The van der Waals surface area contributed by atoms with E-state index in [1.807, 2.05) is 6.07 Å². The Hall–Kier alpha value is -2.32. The number of sulfonamides is 1. The van der Waals surface area contributed by atoms with E-state index >= 15 is 0 Å². The molecule has 8 heteroatoms. The van der Waals surface area contributed by atoms with E-state index in [0.717, 1.165) is 18.8 Å². The maximum Gasteiger partial charge on any atom is 0.237 e. The summed E-state index contributed by atoms with van der Waals surface area (Å²) < 4.78 is 51.2. The van der Waals surface area contributed by atoms with Crippen molar-refractivity contribution in [2.24, 2.45) is 0 Å². The lowest BCUT2D eigenvalue weighted by molar-refractivity contribution is 0.122. The van der Waals surface area contributed by atoms with E-state index in [-0.39, 0.29) is 5.75 Å². The average molecular weight is 380 g/mol. The van der Waals surface area contributed by atoms with Gasteiger partial charge in [0.15, 0.2) is 0 Å². The van der Waals surface area contributed by atoms with Crippen molar-refractivity contribution < 1.29 is 22.3 Å². The number of benzene rings is 2. The zero-order valence-corrected chi connectivity index (χ0v) is 15.3. The van der Waals surface area contributed by atoms with Crippen molar-refractivity contribution >= 4 is 21.4 Å². The second kappa shape index (κ2) is 7.92. The summed E-state index contributed by atoms with van der Waals surface area (Å²) >= 11 is 0. The van der Waals surface area contributed by atoms with Gasteiger partial charge in [0.25, 0.3) is 0 Å². The minimum atomic E-state index is -3.68. The normalized spacial score (nSPS) is 14.9. The van der Waals surface area contributed by atoms with Gasteiger partial charge in [0.05, 0.1) is 31.8 Å². The highest BCUT2D eigenvalue weighted by molar-refractivity contribution is 7.91. The van der Waals surface area contributed by atoms with E-state index in [2.05, 4.69) is 9.62 Å². The first-order valence-corrected chi connectivity index (χ1v) is 9.88. The second-order valence-corrected chi connectivity index (χ2v) is 7.69. The summed E-state index contributed by atoms with van der Waals surface area (Å²) in [7, 11) is -2.19. The number of anilines is 2. The van der Waals surface area contributed by atoms with Crippen LogP contribution in [-0.2, 0) is 20.5 Å². The van der Waals surface area contributed by atoms with Gasteiger partial charge in [0.2, 0.25) is 10.0 Å². The van der Waals surface area contributed by atoms with E-state index in [1.165, 1.54) is 31.4 Å². The first-order chi connectivity index (χ1) is 12.5. The van der Waals surface area contributed by atoms with Crippen LogP contribution in [0.1, 0.15) is 5.56 Å². The fourth-order valence-corrected chi connectivity index (χ4v) is 4.00. The molecule has 2 aromatic carbocycles. The van der Waals surface area contributed by atoms with Crippen molar-refractivity contribution in [3.05, 3.63) is 53.8 Å². The number of halogens is 1. The summed E-state index contributed by atoms with van der Waals surface area (Å²) in [5.74, 6) is -0.221. The van der Waals surface area contributed by atoms with E-state index in [4.69, 9.17) is 9.47 Å². The zero-order chi connectivity index (χ0) is 18.6. The summed E-state index contributed by atoms with van der Waals surface area (Å²) in [6, 6.07) is 10.8. The van der Waals surface area contributed by atoms with Gasteiger partial charge in [-0.25, -0.2) is 12.8 Å². The Morgan fingerprint density at radius 1 is 1.15 bits per heavy atom. The molecular formula is C18H21FN2O4S. The Bertz CT molecular complexity index is 850. The van der Waals surface area contributed by atoms with E-state index in [9.17, 15) is 12.8 Å². The van der Waals surface area contributed by atoms with Crippen LogP contribution in [0.3, 0.4) is 0 Å². The second-order valence-electron chi connectivity index (χ2n) is 5.97. The predicted octanol–water partition coefficient (Wildman–Crippen LogP) is 2.61. The molecule has 0 unspecified atom stereocenters. The molecular weight excluding hydrogens is 359 g/mol. The molecule has 1 N–H and O–H groups in total. The molecule has 0 bridgehead atoms. The first kappa shape index (κ1) is 18.5. The highest BCUT2D eigenvalue weighted by Gasteiger charge is 2.18. The summed E-state index contributed by atoms with van der Waals surface area (Å²) in [6.07, 6.45) is 0. The van der Waals surface area contributed by atoms with Crippen LogP contribution in [-0.4, -0.2) is 41.8 Å². The molecule has 2 aromatic rings. The smallest absolute Gasteiger partial charge is 0.237 e. The van der Waals surface area contributed by atoms with Crippen LogP contribution in [0, 0.1) is 5.82 Å². The van der Waals surface area contributed by atoms with Gasteiger partial charge in [0, 0.05) is 18.8 Å². The van der Waals surface area contributed by atoms with E-state index < -0.39 is 15.8 Å². The fourth-order valence-electron chi connectivity index (χ4n) is 2.80. The van der Waals surface area contributed by atoms with Crippen LogP contribution in [0.2, 0.25) is 0 Å². The summed E-state index contributed by atoms with van der Waals surface area (Å²) in [4.78, 5) is 2.13. The molecule has 1 heterocycles. The highest BCUT2D eigenvalue weighted by Crippen LogP contribution is 2.31. The highest BCUT2D eigenvalue weighted by atomic mass is 32.2. The lowest BCUT2D eigenvalue weighted by Crippen LogP contribution is -2.36. The number of hydrogen-bond donors (Lipinski definition) is 1. The largest absolute Gasteiger partial charge is 0.495 e. The Kier molecular flexibility index (Phi) is 5.63. The average Bonchev–Trinajstić information content (AvgIpc) is 2.64. The number of rotatable bonds is 6. The molecule has 0 saturated carbocycles. The van der Waals surface area contributed by atoms with Gasteiger partial charge in [-0.3, -0.25) is 4.72 Å². The quantitative estimate of drug-likeness (QED) is 0.834. The van der Waals surface area contributed by atoms with Crippen molar-refractivity contribution in [2.45, 2.75) is 5.75 Å². The Morgan fingerprint density at radius 3 is 2.50 bits per heavy atom. The molecule has 0 atom stereocenters. The first-order valence-electron chi connectivity index (χ1n) is 8.22. The van der Waals surface area contributed by atoms with Crippen LogP contribution in [0.5, 0.6) is 5.75 Å². The van der Waals surface area contributed by atoms with Gasteiger partial charge < -0.3 is 14.4 Å². The lowest BCUT2D eigenvalue weighted by atomic mass is 10.2. The maximum atomic E-state index is 13.0. The van der Waals surface area contributed by atoms with Gasteiger partial charge >= 0.3 is 0 Å².